The fourth-order valence-electron chi connectivity index (χ4n) is 3.19. The Bertz CT molecular complexity index is 419. The fraction of sp³-hybridized carbons (Fsp3) is 0.625. The summed E-state index contributed by atoms with van der Waals surface area (Å²) in [5.41, 5.74) is 3.96. The van der Waals surface area contributed by atoms with E-state index in [1.807, 2.05) is 0 Å². The molecule has 0 spiro atoms. The first-order valence-electron chi connectivity index (χ1n) is 6.77. The van der Waals surface area contributed by atoms with Gasteiger partial charge in [0.05, 0.1) is 13.2 Å². The molecule has 0 bridgehead atoms. The van der Waals surface area contributed by atoms with Crippen molar-refractivity contribution in [1.82, 2.24) is 0 Å². The van der Waals surface area contributed by atoms with Crippen LogP contribution in [-0.4, -0.2) is 24.9 Å². The third-order valence-electron chi connectivity index (χ3n) is 4.36. The molecule has 1 saturated heterocycles. The summed E-state index contributed by atoms with van der Waals surface area (Å²) in [7, 11) is 0. The van der Waals surface area contributed by atoms with Crippen LogP contribution in [0.4, 0.5) is 0 Å². The molecule has 1 aromatic rings. The standard InChI is InChI=1S/C16H24O2/c1-11(2)15(8-17)16(9-18-10-16)14-7-12(3)5-6-13(14)4/h5-7,11,15,17H,8-10H2,1-4H3. The van der Waals surface area contributed by atoms with Gasteiger partial charge in [-0.3, -0.25) is 0 Å². The van der Waals surface area contributed by atoms with E-state index in [0.717, 1.165) is 13.2 Å². The Morgan fingerprint density at radius 1 is 1.28 bits per heavy atom. The summed E-state index contributed by atoms with van der Waals surface area (Å²) < 4.78 is 5.51. The van der Waals surface area contributed by atoms with Crippen molar-refractivity contribution in [1.29, 1.82) is 0 Å². The van der Waals surface area contributed by atoms with Gasteiger partial charge in [-0.15, -0.1) is 0 Å². The molecule has 0 aliphatic carbocycles. The molecule has 1 aromatic carbocycles. The van der Waals surface area contributed by atoms with Crippen LogP contribution in [0.5, 0.6) is 0 Å². The summed E-state index contributed by atoms with van der Waals surface area (Å²) in [6.45, 7) is 10.4. The van der Waals surface area contributed by atoms with Crippen molar-refractivity contribution in [3.05, 3.63) is 34.9 Å². The number of hydrogen-bond donors (Lipinski definition) is 1. The smallest absolute Gasteiger partial charge is 0.0589 e. The van der Waals surface area contributed by atoms with Crippen molar-refractivity contribution < 1.29 is 9.84 Å². The first-order valence-corrected chi connectivity index (χ1v) is 6.77. The zero-order valence-corrected chi connectivity index (χ0v) is 11.9. The highest BCUT2D eigenvalue weighted by Crippen LogP contribution is 2.44. The minimum Gasteiger partial charge on any atom is -0.396 e. The molecular weight excluding hydrogens is 224 g/mol. The highest BCUT2D eigenvalue weighted by Gasteiger charge is 2.48. The number of aliphatic hydroxyl groups is 1. The van der Waals surface area contributed by atoms with E-state index >= 15 is 0 Å². The Kier molecular flexibility index (Phi) is 3.79. The predicted octanol–water partition coefficient (Wildman–Crippen LogP) is 2.84. The predicted molar refractivity (Wildman–Crippen MR) is 73.8 cm³/mol. The quantitative estimate of drug-likeness (QED) is 0.888. The SMILES string of the molecule is Cc1ccc(C)c(C2(C(CO)C(C)C)COC2)c1. The van der Waals surface area contributed by atoms with Crippen molar-refractivity contribution in [2.75, 3.05) is 19.8 Å². The third-order valence-corrected chi connectivity index (χ3v) is 4.36. The van der Waals surface area contributed by atoms with Crippen molar-refractivity contribution >= 4 is 0 Å². The highest BCUT2D eigenvalue weighted by atomic mass is 16.5. The van der Waals surface area contributed by atoms with Crippen molar-refractivity contribution in [2.24, 2.45) is 11.8 Å². The monoisotopic (exact) mass is 248 g/mol. The molecule has 100 valence electrons. The molecule has 1 aliphatic rings. The van der Waals surface area contributed by atoms with E-state index in [1.54, 1.807) is 0 Å². The lowest BCUT2D eigenvalue weighted by Gasteiger charge is -2.49. The van der Waals surface area contributed by atoms with E-state index in [4.69, 9.17) is 4.74 Å². The Labute approximate surface area is 110 Å². The molecule has 0 saturated carbocycles. The Hall–Kier alpha value is -0.860. The number of hydrogen-bond acceptors (Lipinski definition) is 2. The van der Waals surface area contributed by atoms with Gasteiger partial charge in [0.2, 0.25) is 0 Å². The molecule has 0 amide bonds. The highest BCUT2D eigenvalue weighted by molar-refractivity contribution is 5.39. The summed E-state index contributed by atoms with van der Waals surface area (Å²) in [4.78, 5) is 0. The fourth-order valence-corrected chi connectivity index (χ4v) is 3.19. The molecule has 0 aromatic heterocycles. The van der Waals surface area contributed by atoms with Crippen LogP contribution in [-0.2, 0) is 10.2 Å². The van der Waals surface area contributed by atoms with Crippen LogP contribution in [0.2, 0.25) is 0 Å². The lowest BCUT2D eigenvalue weighted by molar-refractivity contribution is -0.111. The molecule has 1 N–H and O–H groups in total. The van der Waals surface area contributed by atoms with Crippen LogP contribution in [0.15, 0.2) is 18.2 Å². The van der Waals surface area contributed by atoms with Gasteiger partial charge in [-0.2, -0.15) is 0 Å². The van der Waals surface area contributed by atoms with E-state index in [0.29, 0.717) is 5.92 Å². The second-order valence-corrected chi connectivity index (χ2v) is 6.00. The molecule has 1 aliphatic heterocycles. The zero-order valence-electron chi connectivity index (χ0n) is 11.9. The zero-order chi connectivity index (χ0) is 13.3. The largest absolute Gasteiger partial charge is 0.396 e. The molecule has 2 nitrogen and oxygen atoms in total. The van der Waals surface area contributed by atoms with Crippen molar-refractivity contribution in [2.45, 2.75) is 33.1 Å². The van der Waals surface area contributed by atoms with Crippen LogP contribution in [0.1, 0.15) is 30.5 Å². The van der Waals surface area contributed by atoms with Gasteiger partial charge in [0, 0.05) is 12.0 Å². The van der Waals surface area contributed by atoms with Crippen LogP contribution >= 0.6 is 0 Å². The summed E-state index contributed by atoms with van der Waals surface area (Å²) in [5.74, 6) is 0.727. The van der Waals surface area contributed by atoms with Gasteiger partial charge in [0.15, 0.2) is 0 Å². The average Bonchev–Trinajstić information content (AvgIpc) is 2.26. The maximum absolute atomic E-state index is 9.76. The number of rotatable bonds is 4. The third kappa shape index (κ3) is 2.08. The molecule has 2 heteroatoms. The normalized spacial score (nSPS) is 19.7. The Morgan fingerprint density at radius 2 is 1.94 bits per heavy atom. The van der Waals surface area contributed by atoms with Crippen molar-refractivity contribution in [3.8, 4) is 0 Å². The van der Waals surface area contributed by atoms with Gasteiger partial charge in [-0.25, -0.2) is 0 Å². The van der Waals surface area contributed by atoms with E-state index in [9.17, 15) is 5.11 Å². The van der Waals surface area contributed by atoms with Gasteiger partial charge in [0.1, 0.15) is 0 Å². The first-order chi connectivity index (χ1) is 8.51. The van der Waals surface area contributed by atoms with Crippen LogP contribution in [0.3, 0.4) is 0 Å². The van der Waals surface area contributed by atoms with Gasteiger partial charge in [0.25, 0.3) is 0 Å². The number of aliphatic hydroxyl groups excluding tert-OH is 1. The van der Waals surface area contributed by atoms with Crippen LogP contribution in [0.25, 0.3) is 0 Å². The van der Waals surface area contributed by atoms with Gasteiger partial charge >= 0.3 is 0 Å². The second kappa shape index (κ2) is 5.02. The average molecular weight is 248 g/mol. The molecular formula is C16H24O2. The maximum Gasteiger partial charge on any atom is 0.0589 e. The van der Waals surface area contributed by atoms with Crippen LogP contribution < -0.4 is 0 Å². The molecule has 1 heterocycles. The van der Waals surface area contributed by atoms with E-state index in [-0.39, 0.29) is 17.9 Å². The minimum atomic E-state index is 0.0129. The Balaban J connectivity index is 2.46. The Morgan fingerprint density at radius 3 is 2.39 bits per heavy atom. The number of aryl methyl sites for hydroxylation is 2. The lowest BCUT2D eigenvalue weighted by atomic mass is 9.64. The topological polar surface area (TPSA) is 29.5 Å². The number of benzene rings is 1. The molecule has 1 unspecified atom stereocenters. The second-order valence-electron chi connectivity index (χ2n) is 6.00. The first kappa shape index (κ1) is 13.6. The lowest BCUT2D eigenvalue weighted by Crippen LogP contribution is -2.55. The molecule has 18 heavy (non-hydrogen) atoms. The minimum absolute atomic E-state index is 0.0129. The van der Waals surface area contributed by atoms with E-state index < -0.39 is 0 Å². The van der Waals surface area contributed by atoms with Gasteiger partial charge < -0.3 is 9.84 Å². The molecule has 0 radical (unpaired) electrons. The van der Waals surface area contributed by atoms with Gasteiger partial charge in [-0.1, -0.05) is 37.6 Å². The molecule has 1 fully saturated rings. The number of ether oxygens (including phenoxy) is 1. The summed E-state index contributed by atoms with van der Waals surface area (Å²) >= 11 is 0. The maximum atomic E-state index is 9.76. The summed E-state index contributed by atoms with van der Waals surface area (Å²) in [5, 5.41) is 9.76. The van der Waals surface area contributed by atoms with Crippen molar-refractivity contribution in [3.63, 3.8) is 0 Å². The molecule has 1 atom stereocenters. The van der Waals surface area contributed by atoms with Gasteiger partial charge in [-0.05, 0) is 36.8 Å². The van der Waals surface area contributed by atoms with E-state index in [2.05, 4.69) is 45.9 Å². The summed E-state index contributed by atoms with van der Waals surface area (Å²) in [6, 6.07) is 6.60. The molecule has 2 rings (SSSR count). The summed E-state index contributed by atoms with van der Waals surface area (Å²) in [6.07, 6.45) is 0. The van der Waals surface area contributed by atoms with E-state index in [1.165, 1.54) is 16.7 Å². The van der Waals surface area contributed by atoms with Crippen LogP contribution in [0, 0.1) is 25.7 Å².